The molecule has 1 aliphatic heterocycles. The molecule has 1 N–H and O–H groups in total. The van der Waals surface area contributed by atoms with Gasteiger partial charge in [0.2, 0.25) is 10.0 Å². The van der Waals surface area contributed by atoms with Crippen molar-refractivity contribution in [3.05, 3.63) is 28.8 Å². The molecule has 1 fully saturated rings. The highest BCUT2D eigenvalue weighted by molar-refractivity contribution is 7.89. The first-order valence-corrected chi connectivity index (χ1v) is 8.43. The van der Waals surface area contributed by atoms with Gasteiger partial charge in [0, 0.05) is 11.6 Å². The van der Waals surface area contributed by atoms with Crippen LogP contribution in [-0.4, -0.2) is 36.0 Å². The molecule has 0 amide bonds. The quantitative estimate of drug-likeness (QED) is 0.921. The van der Waals surface area contributed by atoms with Gasteiger partial charge in [-0.1, -0.05) is 11.6 Å². The van der Waals surface area contributed by atoms with Gasteiger partial charge in [-0.3, -0.25) is 0 Å². The van der Waals surface area contributed by atoms with Crippen molar-refractivity contribution in [1.82, 2.24) is 4.31 Å². The topological polar surface area (TPSA) is 81.4 Å². The van der Waals surface area contributed by atoms with Gasteiger partial charge in [-0.2, -0.15) is 9.57 Å². The Kier molecular flexibility index (Phi) is 4.31. The summed E-state index contributed by atoms with van der Waals surface area (Å²) in [6.45, 7) is 3.53. The molecule has 1 aliphatic rings. The number of sulfonamides is 1. The van der Waals surface area contributed by atoms with Gasteiger partial charge in [-0.05, 0) is 44.9 Å². The summed E-state index contributed by atoms with van der Waals surface area (Å²) < 4.78 is 26.9. The summed E-state index contributed by atoms with van der Waals surface area (Å²) in [6, 6.07) is 5.50. The average Bonchev–Trinajstić information content (AvgIpc) is 2.88. The molecule has 2 rings (SSSR count). The molecular weight excluding hydrogens is 312 g/mol. The first kappa shape index (κ1) is 16.2. The van der Waals surface area contributed by atoms with E-state index in [1.807, 2.05) is 6.07 Å². The fourth-order valence-corrected chi connectivity index (χ4v) is 4.79. The molecule has 5 nitrogen and oxygen atoms in total. The summed E-state index contributed by atoms with van der Waals surface area (Å²) >= 11 is 5.81. The van der Waals surface area contributed by atoms with Crippen LogP contribution < -0.4 is 0 Å². The Labute approximate surface area is 129 Å². The van der Waals surface area contributed by atoms with Crippen molar-refractivity contribution in [2.45, 2.75) is 43.2 Å². The van der Waals surface area contributed by atoms with Crippen LogP contribution in [0, 0.1) is 11.3 Å². The minimum Gasteiger partial charge on any atom is -0.389 e. The number of halogens is 1. The molecule has 0 spiro atoms. The number of aliphatic hydroxyl groups is 1. The summed E-state index contributed by atoms with van der Waals surface area (Å²) in [5.41, 5.74) is -1.12. The molecule has 0 saturated carbocycles. The lowest BCUT2D eigenvalue weighted by atomic mass is 9.98. The van der Waals surface area contributed by atoms with Crippen LogP contribution in [0.25, 0.3) is 0 Å². The molecule has 1 atom stereocenters. The molecular formula is C14H17ClN2O3S. The lowest BCUT2D eigenvalue weighted by molar-refractivity contribution is 0.0215. The standard InChI is InChI=1S/C14H17ClN2O3S/c1-14(2,18)13-4-3-7-17(13)21(19,20)12-6-5-11(15)8-10(12)9-16/h5-6,8,13,18H,3-4,7H2,1-2H3. The molecule has 114 valence electrons. The highest BCUT2D eigenvalue weighted by Crippen LogP contribution is 2.33. The minimum absolute atomic E-state index is 0.0175. The van der Waals surface area contributed by atoms with Gasteiger partial charge in [0.25, 0.3) is 0 Å². The van der Waals surface area contributed by atoms with Crippen molar-refractivity contribution >= 4 is 21.6 Å². The zero-order valence-electron chi connectivity index (χ0n) is 11.9. The van der Waals surface area contributed by atoms with Crippen LogP contribution in [0.1, 0.15) is 32.3 Å². The summed E-state index contributed by atoms with van der Waals surface area (Å²) in [4.78, 5) is -0.0643. The number of nitriles is 1. The normalized spacial score (nSPS) is 20.4. The highest BCUT2D eigenvalue weighted by Gasteiger charge is 2.43. The number of rotatable bonds is 3. The molecule has 0 radical (unpaired) electrons. The maximum Gasteiger partial charge on any atom is 0.244 e. The third-order valence-electron chi connectivity index (χ3n) is 3.67. The van der Waals surface area contributed by atoms with Crippen LogP contribution in [-0.2, 0) is 10.0 Å². The van der Waals surface area contributed by atoms with Crippen molar-refractivity contribution in [3.8, 4) is 6.07 Å². The van der Waals surface area contributed by atoms with Crippen molar-refractivity contribution in [2.75, 3.05) is 6.54 Å². The van der Waals surface area contributed by atoms with Crippen LogP contribution in [0.2, 0.25) is 5.02 Å². The second-order valence-electron chi connectivity index (χ2n) is 5.68. The Hall–Kier alpha value is -1.13. The first-order valence-electron chi connectivity index (χ1n) is 6.62. The molecule has 1 saturated heterocycles. The second kappa shape index (κ2) is 5.58. The van der Waals surface area contributed by atoms with Gasteiger partial charge in [-0.25, -0.2) is 8.42 Å². The van der Waals surface area contributed by atoms with Gasteiger partial charge in [0.15, 0.2) is 0 Å². The Morgan fingerprint density at radius 1 is 1.48 bits per heavy atom. The van der Waals surface area contributed by atoms with Gasteiger partial charge in [0.05, 0.1) is 17.2 Å². The first-order chi connectivity index (χ1) is 9.67. The molecule has 0 aliphatic carbocycles. The number of benzene rings is 1. The predicted octanol–water partition coefficient (Wildman–Crippen LogP) is 2.14. The Morgan fingerprint density at radius 3 is 2.71 bits per heavy atom. The molecule has 1 heterocycles. The van der Waals surface area contributed by atoms with Crippen LogP contribution in [0.3, 0.4) is 0 Å². The van der Waals surface area contributed by atoms with E-state index in [4.69, 9.17) is 16.9 Å². The van der Waals surface area contributed by atoms with Crippen molar-refractivity contribution in [3.63, 3.8) is 0 Å². The van der Waals surface area contributed by atoms with E-state index >= 15 is 0 Å². The average molecular weight is 329 g/mol. The molecule has 21 heavy (non-hydrogen) atoms. The third-order valence-corrected chi connectivity index (χ3v) is 5.87. The Morgan fingerprint density at radius 2 is 2.14 bits per heavy atom. The summed E-state index contributed by atoms with van der Waals surface area (Å²) in [5.74, 6) is 0. The van der Waals surface area contributed by atoms with E-state index in [1.165, 1.54) is 22.5 Å². The third kappa shape index (κ3) is 3.06. The van der Waals surface area contributed by atoms with E-state index in [0.717, 1.165) is 0 Å². The van der Waals surface area contributed by atoms with Crippen LogP contribution >= 0.6 is 11.6 Å². The van der Waals surface area contributed by atoms with E-state index < -0.39 is 21.7 Å². The highest BCUT2D eigenvalue weighted by atomic mass is 35.5. The molecule has 0 bridgehead atoms. The lowest BCUT2D eigenvalue weighted by Gasteiger charge is -2.33. The van der Waals surface area contributed by atoms with E-state index in [1.54, 1.807) is 13.8 Å². The van der Waals surface area contributed by atoms with Crippen LogP contribution in [0.4, 0.5) is 0 Å². The van der Waals surface area contributed by atoms with Gasteiger partial charge >= 0.3 is 0 Å². The molecule has 0 aromatic heterocycles. The van der Waals surface area contributed by atoms with Gasteiger partial charge < -0.3 is 5.11 Å². The van der Waals surface area contributed by atoms with Gasteiger partial charge in [0.1, 0.15) is 11.0 Å². The van der Waals surface area contributed by atoms with E-state index in [2.05, 4.69) is 0 Å². The molecule has 7 heteroatoms. The Balaban J connectivity index is 2.51. The maximum absolute atomic E-state index is 12.8. The minimum atomic E-state index is -3.84. The van der Waals surface area contributed by atoms with Crippen LogP contribution in [0.15, 0.2) is 23.1 Å². The summed E-state index contributed by atoms with van der Waals surface area (Å²) in [6.07, 6.45) is 1.28. The fourth-order valence-electron chi connectivity index (χ4n) is 2.67. The predicted molar refractivity (Wildman–Crippen MR) is 79.4 cm³/mol. The maximum atomic E-state index is 12.8. The zero-order chi connectivity index (χ0) is 15.8. The second-order valence-corrected chi connectivity index (χ2v) is 7.98. The van der Waals surface area contributed by atoms with E-state index in [0.29, 0.717) is 24.4 Å². The smallest absolute Gasteiger partial charge is 0.244 e. The number of nitrogens with zero attached hydrogens (tertiary/aromatic N) is 2. The number of hydrogen-bond acceptors (Lipinski definition) is 4. The molecule has 1 aromatic rings. The largest absolute Gasteiger partial charge is 0.389 e. The van der Waals surface area contributed by atoms with Crippen LogP contribution in [0.5, 0.6) is 0 Å². The van der Waals surface area contributed by atoms with E-state index in [9.17, 15) is 13.5 Å². The van der Waals surface area contributed by atoms with Crippen molar-refractivity contribution in [2.24, 2.45) is 0 Å². The molecule has 1 unspecified atom stereocenters. The van der Waals surface area contributed by atoms with Crippen molar-refractivity contribution in [1.29, 1.82) is 5.26 Å². The fraction of sp³-hybridized carbons (Fsp3) is 0.500. The van der Waals surface area contributed by atoms with E-state index in [-0.39, 0.29) is 10.5 Å². The SMILES string of the molecule is CC(C)(O)C1CCCN1S(=O)(=O)c1ccc(Cl)cc1C#N. The number of hydrogen-bond donors (Lipinski definition) is 1. The summed E-state index contributed by atoms with van der Waals surface area (Å²) in [5, 5.41) is 19.6. The Bertz CT molecular complexity index is 689. The lowest BCUT2D eigenvalue weighted by Crippen LogP contribution is -2.48. The monoisotopic (exact) mass is 328 g/mol. The zero-order valence-corrected chi connectivity index (χ0v) is 13.4. The summed E-state index contributed by atoms with van der Waals surface area (Å²) in [7, 11) is -3.84. The molecule has 1 aromatic carbocycles. The van der Waals surface area contributed by atoms with Gasteiger partial charge in [-0.15, -0.1) is 0 Å². The van der Waals surface area contributed by atoms with Crippen molar-refractivity contribution < 1.29 is 13.5 Å².